The molecule has 0 unspecified atom stereocenters. The average Bonchev–Trinajstić information content (AvgIpc) is 2.34. The van der Waals surface area contributed by atoms with Crippen LogP contribution in [0.5, 0.6) is 5.75 Å². The van der Waals surface area contributed by atoms with Gasteiger partial charge in [-0.3, -0.25) is 4.79 Å². The molecular weight excluding hydrogens is 132 g/mol. The van der Waals surface area contributed by atoms with Crippen LogP contribution in [0, 0.1) is 0 Å². The molecule has 0 aliphatic heterocycles. The molecule has 1 heterocycles. The van der Waals surface area contributed by atoms with Gasteiger partial charge in [0.15, 0.2) is 5.75 Å². The third-order valence-corrected chi connectivity index (χ3v) is 1.13. The van der Waals surface area contributed by atoms with Crippen molar-refractivity contribution in [1.29, 1.82) is 0 Å². The van der Waals surface area contributed by atoms with Crippen LogP contribution in [0.25, 0.3) is 0 Å². The summed E-state index contributed by atoms with van der Waals surface area (Å²) in [6.45, 7) is 1.74. The zero-order valence-electron chi connectivity index (χ0n) is 5.61. The molecule has 0 spiro atoms. The molecule has 1 aromatic heterocycles. The van der Waals surface area contributed by atoms with E-state index in [4.69, 9.17) is 5.11 Å². The molecule has 0 amide bonds. The number of aromatic hydroxyl groups is 1. The van der Waals surface area contributed by atoms with Crippen LogP contribution in [0.15, 0.2) is 12.4 Å². The highest BCUT2D eigenvalue weighted by molar-refractivity contribution is 5.77. The second-order valence-corrected chi connectivity index (χ2v) is 1.89. The van der Waals surface area contributed by atoms with Crippen molar-refractivity contribution >= 4 is 5.91 Å². The van der Waals surface area contributed by atoms with Gasteiger partial charge in [-0.25, -0.2) is 4.68 Å². The van der Waals surface area contributed by atoms with Gasteiger partial charge in [0.2, 0.25) is 5.91 Å². The van der Waals surface area contributed by atoms with Gasteiger partial charge in [-0.05, 0) is 0 Å². The molecule has 1 aromatic rings. The number of nitrogens with zero attached hydrogens (tertiary/aromatic N) is 2. The first-order valence-electron chi connectivity index (χ1n) is 3.01. The summed E-state index contributed by atoms with van der Waals surface area (Å²) in [7, 11) is 0. The molecule has 10 heavy (non-hydrogen) atoms. The van der Waals surface area contributed by atoms with Gasteiger partial charge < -0.3 is 5.11 Å². The summed E-state index contributed by atoms with van der Waals surface area (Å²) in [4.78, 5) is 10.8. The minimum absolute atomic E-state index is 0.0156. The molecule has 0 radical (unpaired) electrons. The van der Waals surface area contributed by atoms with Crippen LogP contribution in [0.3, 0.4) is 0 Å². The van der Waals surface area contributed by atoms with Crippen molar-refractivity contribution in [2.24, 2.45) is 0 Å². The first-order valence-corrected chi connectivity index (χ1v) is 3.01. The van der Waals surface area contributed by atoms with E-state index >= 15 is 0 Å². The maximum absolute atomic E-state index is 10.8. The number of aromatic nitrogens is 2. The summed E-state index contributed by atoms with van der Waals surface area (Å²) in [6.07, 6.45) is 2.90. The molecule has 0 aliphatic rings. The summed E-state index contributed by atoms with van der Waals surface area (Å²) in [6, 6.07) is 0. The van der Waals surface area contributed by atoms with Crippen LogP contribution in [-0.2, 0) is 0 Å². The Kier molecular flexibility index (Phi) is 1.71. The van der Waals surface area contributed by atoms with Gasteiger partial charge in [0.1, 0.15) is 0 Å². The minimum atomic E-state index is -0.125. The lowest BCUT2D eigenvalue weighted by atomic mass is 10.5. The van der Waals surface area contributed by atoms with Gasteiger partial charge >= 0.3 is 0 Å². The van der Waals surface area contributed by atoms with Crippen molar-refractivity contribution in [2.45, 2.75) is 13.3 Å². The van der Waals surface area contributed by atoms with Gasteiger partial charge in [0.25, 0.3) is 0 Å². The Morgan fingerprint density at radius 1 is 1.90 bits per heavy atom. The lowest BCUT2D eigenvalue weighted by Gasteiger charge is -1.92. The SMILES string of the molecule is CCC(=O)n1cc(O)cn1. The van der Waals surface area contributed by atoms with E-state index in [1.54, 1.807) is 6.92 Å². The average molecular weight is 140 g/mol. The van der Waals surface area contributed by atoms with Gasteiger partial charge in [-0.1, -0.05) is 6.92 Å². The van der Waals surface area contributed by atoms with Crippen LogP contribution in [0.4, 0.5) is 0 Å². The Labute approximate surface area is 58.1 Å². The summed E-state index contributed by atoms with van der Waals surface area (Å²) in [5.41, 5.74) is 0. The van der Waals surface area contributed by atoms with E-state index in [1.807, 2.05) is 0 Å². The maximum Gasteiger partial charge on any atom is 0.246 e. The largest absolute Gasteiger partial charge is 0.505 e. The second-order valence-electron chi connectivity index (χ2n) is 1.89. The van der Waals surface area contributed by atoms with Crippen molar-refractivity contribution in [2.75, 3.05) is 0 Å². The number of rotatable bonds is 1. The molecule has 1 N–H and O–H groups in total. The van der Waals surface area contributed by atoms with Crippen molar-refractivity contribution in [3.05, 3.63) is 12.4 Å². The predicted molar refractivity (Wildman–Crippen MR) is 34.8 cm³/mol. The van der Waals surface area contributed by atoms with E-state index in [9.17, 15) is 4.79 Å². The maximum atomic E-state index is 10.8. The third-order valence-electron chi connectivity index (χ3n) is 1.13. The topological polar surface area (TPSA) is 55.1 Å². The normalized spacial score (nSPS) is 9.70. The third kappa shape index (κ3) is 1.15. The van der Waals surface area contributed by atoms with Crippen LogP contribution in [-0.4, -0.2) is 20.8 Å². The van der Waals surface area contributed by atoms with Crippen molar-refractivity contribution in [3.63, 3.8) is 0 Å². The summed E-state index contributed by atoms with van der Waals surface area (Å²) >= 11 is 0. The molecular formula is C6H8N2O2. The molecule has 4 heteroatoms. The molecule has 0 fully saturated rings. The van der Waals surface area contributed by atoms with E-state index in [-0.39, 0.29) is 11.7 Å². The number of carbonyl (C=O) groups is 1. The fourth-order valence-electron chi connectivity index (χ4n) is 0.612. The highest BCUT2D eigenvalue weighted by Gasteiger charge is 2.01. The molecule has 0 aromatic carbocycles. The van der Waals surface area contributed by atoms with Crippen LogP contribution in [0.2, 0.25) is 0 Å². The Balaban J connectivity index is 2.85. The van der Waals surface area contributed by atoms with Crippen molar-refractivity contribution in [1.82, 2.24) is 9.78 Å². The highest BCUT2D eigenvalue weighted by atomic mass is 16.3. The molecule has 0 saturated heterocycles. The number of hydrogen-bond acceptors (Lipinski definition) is 3. The molecule has 1 rings (SSSR count). The van der Waals surface area contributed by atoms with Crippen LogP contribution < -0.4 is 0 Å². The van der Waals surface area contributed by atoms with Gasteiger partial charge in [-0.2, -0.15) is 5.10 Å². The molecule has 0 saturated carbocycles. The van der Waals surface area contributed by atoms with Crippen molar-refractivity contribution in [3.8, 4) is 5.75 Å². The number of carbonyl (C=O) groups excluding carboxylic acids is 1. The summed E-state index contributed by atoms with van der Waals surface area (Å²) < 4.78 is 1.12. The Hall–Kier alpha value is -1.32. The fourth-order valence-corrected chi connectivity index (χ4v) is 0.612. The molecule has 4 nitrogen and oxygen atoms in total. The van der Waals surface area contributed by atoms with E-state index in [0.717, 1.165) is 4.68 Å². The predicted octanol–water partition coefficient (Wildman–Crippen LogP) is 0.639. The first kappa shape index (κ1) is 6.80. The van der Waals surface area contributed by atoms with E-state index < -0.39 is 0 Å². The van der Waals surface area contributed by atoms with Gasteiger partial charge in [-0.15, -0.1) is 0 Å². The van der Waals surface area contributed by atoms with E-state index in [0.29, 0.717) is 6.42 Å². The zero-order chi connectivity index (χ0) is 7.56. The van der Waals surface area contributed by atoms with E-state index in [1.165, 1.54) is 12.4 Å². The lowest BCUT2D eigenvalue weighted by molar-refractivity contribution is 0.0892. The van der Waals surface area contributed by atoms with E-state index in [2.05, 4.69) is 5.10 Å². The molecule has 0 aliphatic carbocycles. The zero-order valence-corrected chi connectivity index (χ0v) is 5.61. The number of hydrogen-bond donors (Lipinski definition) is 1. The van der Waals surface area contributed by atoms with Gasteiger partial charge in [0.05, 0.1) is 12.4 Å². The van der Waals surface area contributed by atoms with Crippen LogP contribution >= 0.6 is 0 Å². The lowest BCUT2D eigenvalue weighted by Crippen LogP contribution is -2.08. The minimum Gasteiger partial charge on any atom is -0.505 e. The van der Waals surface area contributed by atoms with Crippen molar-refractivity contribution < 1.29 is 9.90 Å². The van der Waals surface area contributed by atoms with Crippen LogP contribution in [0.1, 0.15) is 18.1 Å². The molecule has 0 bridgehead atoms. The first-order chi connectivity index (χ1) is 4.74. The Morgan fingerprint density at radius 3 is 3.00 bits per heavy atom. The Morgan fingerprint density at radius 2 is 2.60 bits per heavy atom. The standard InChI is InChI=1S/C6H8N2O2/c1-2-6(10)8-4-5(9)3-7-8/h3-4,9H,2H2,1H3. The molecule has 54 valence electrons. The monoisotopic (exact) mass is 140 g/mol. The van der Waals surface area contributed by atoms with Gasteiger partial charge in [0, 0.05) is 6.42 Å². The summed E-state index contributed by atoms with van der Waals surface area (Å²) in [5, 5.41) is 12.4. The highest BCUT2D eigenvalue weighted by Crippen LogP contribution is 2.03. The second kappa shape index (κ2) is 2.51. The smallest absolute Gasteiger partial charge is 0.246 e. The fraction of sp³-hybridized carbons (Fsp3) is 0.333. The molecule has 0 atom stereocenters. The Bertz CT molecular complexity index is 242. The summed E-state index contributed by atoms with van der Waals surface area (Å²) in [5.74, 6) is -0.109. The quantitative estimate of drug-likeness (QED) is 0.622.